The molecular formula is C17H22N2O4. The number of hydrogen-bond acceptors (Lipinski definition) is 6. The molecule has 0 spiro atoms. The fourth-order valence-electron chi connectivity index (χ4n) is 2.34. The molecule has 0 saturated carbocycles. The maximum absolute atomic E-state index is 11.4. The Labute approximate surface area is 135 Å². The number of nitrogens with zero attached hydrogens (tertiary/aromatic N) is 1. The number of rotatable bonds is 7. The largest absolute Gasteiger partial charge is 0.497 e. The Bertz CT molecular complexity index is 634. The Kier molecular flexibility index (Phi) is 5.76. The van der Waals surface area contributed by atoms with Gasteiger partial charge in [0, 0.05) is 6.04 Å². The summed E-state index contributed by atoms with van der Waals surface area (Å²) in [6.45, 7) is 4.69. The summed E-state index contributed by atoms with van der Waals surface area (Å²) in [4.78, 5) is 15.5. The molecule has 124 valence electrons. The Morgan fingerprint density at radius 2 is 1.96 bits per heavy atom. The zero-order chi connectivity index (χ0) is 16.8. The van der Waals surface area contributed by atoms with Crippen LogP contribution in [0.4, 0.5) is 0 Å². The second-order valence-corrected chi connectivity index (χ2v) is 5.49. The monoisotopic (exact) mass is 318 g/mol. The van der Waals surface area contributed by atoms with E-state index in [0.29, 0.717) is 18.4 Å². The van der Waals surface area contributed by atoms with E-state index in [4.69, 9.17) is 9.15 Å². The number of ether oxygens (including phenoxy) is 2. The standard InChI is InChI=1S/C17H22N2O4/c1-11(2)16(12-5-7-13(21-3)8-6-12)18-9-15-19-14(10-23-15)17(20)22-4/h5-8,10-11,16,18H,9H2,1-4H3/t16-/m1/s1. The SMILES string of the molecule is COC(=O)c1coc(CN[C@@H](c2ccc(OC)cc2)C(C)C)n1. The van der Waals surface area contributed by atoms with Gasteiger partial charge in [-0.3, -0.25) is 0 Å². The van der Waals surface area contributed by atoms with Crippen molar-refractivity contribution in [1.29, 1.82) is 0 Å². The Hall–Kier alpha value is -2.34. The van der Waals surface area contributed by atoms with Crippen LogP contribution in [0, 0.1) is 5.92 Å². The van der Waals surface area contributed by atoms with Gasteiger partial charge in [-0.2, -0.15) is 0 Å². The lowest BCUT2D eigenvalue weighted by atomic mass is 9.96. The number of carbonyl (C=O) groups excluding carboxylic acids is 1. The third-order valence-electron chi connectivity index (χ3n) is 3.56. The lowest BCUT2D eigenvalue weighted by Gasteiger charge is -2.22. The highest BCUT2D eigenvalue weighted by Gasteiger charge is 2.18. The second-order valence-electron chi connectivity index (χ2n) is 5.49. The first-order valence-corrected chi connectivity index (χ1v) is 7.45. The fraction of sp³-hybridized carbons (Fsp3) is 0.412. The molecular weight excluding hydrogens is 296 g/mol. The van der Waals surface area contributed by atoms with Crippen molar-refractivity contribution in [3.8, 4) is 5.75 Å². The van der Waals surface area contributed by atoms with Crippen LogP contribution in [0.1, 0.15) is 41.8 Å². The van der Waals surface area contributed by atoms with E-state index in [1.807, 2.05) is 24.3 Å². The molecule has 1 atom stereocenters. The smallest absolute Gasteiger partial charge is 0.360 e. The highest BCUT2D eigenvalue weighted by atomic mass is 16.5. The number of esters is 1. The Morgan fingerprint density at radius 3 is 2.52 bits per heavy atom. The molecule has 1 heterocycles. The third kappa shape index (κ3) is 4.32. The summed E-state index contributed by atoms with van der Waals surface area (Å²) in [5.41, 5.74) is 1.33. The van der Waals surface area contributed by atoms with E-state index in [9.17, 15) is 4.79 Å². The topological polar surface area (TPSA) is 73.6 Å². The van der Waals surface area contributed by atoms with Crippen molar-refractivity contribution in [1.82, 2.24) is 10.3 Å². The van der Waals surface area contributed by atoms with Gasteiger partial charge in [0.25, 0.3) is 0 Å². The van der Waals surface area contributed by atoms with Crippen LogP contribution in [-0.4, -0.2) is 25.2 Å². The van der Waals surface area contributed by atoms with Crippen molar-refractivity contribution in [2.24, 2.45) is 5.92 Å². The number of oxazole rings is 1. The van der Waals surface area contributed by atoms with E-state index in [-0.39, 0.29) is 11.7 Å². The van der Waals surface area contributed by atoms with Crippen molar-refractivity contribution in [3.63, 3.8) is 0 Å². The predicted molar refractivity (Wildman–Crippen MR) is 85.3 cm³/mol. The van der Waals surface area contributed by atoms with E-state index in [1.165, 1.54) is 13.4 Å². The normalized spacial score (nSPS) is 12.2. The van der Waals surface area contributed by atoms with Crippen LogP contribution >= 0.6 is 0 Å². The van der Waals surface area contributed by atoms with Crippen LogP contribution in [0.25, 0.3) is 0 Å². The van der Waals surface area contributed by atoms with Crippen molar-refractivity contribution < 1.29 is 18.7 Å². The lowest BCUT2D eigenvalue weighted by molar-refractivity contribution is 0.0594. The quantitative estimate of drug-likeness (QED) is 0.791. The molecule has 2 aromatic rings. The molecule has 0 aliphatic rings. The summed E-state index contributed by atoms with van der Waals surface area (Å²) >= 11 is 0. The molecule has 1 N–H and O–H groups in total. The van der Waals surface area contributed by atoms with Gasteiger partial charge in [-0.1, -0.05) is 26.0 Å². The molecule has 0 amide bonds. The number of carbonyl (C=O) groups is 1. The van der Waals surface area contributed by atoms with Crippen LogP contribution in [0.5, 0.6) is 5.75 Å². The van der Waals surface area contributed by atoms with E-state index >= 15 is 0 Å². The van der Waals surface area contributed by atoms with Crippen LogP contribution < -0.4 is 10.1 Å². The highest BCUT2D eigenvalue weighted by molar-refractivity contribution is 5.86. The lowest BCUT2D eigenvalue weighted by Crippen LogP contribution is -2.25. The van der Waals surface area contributed by atoms with Crippen LogP contribution in [-0.2, 0) is 11.3 Å². The molecule has 2 rings (SSSR count). The number of hydrogen-bond donors (Lipinski definition) is 1. The van der Waals surface area contributed by atoms with Gasteiger partial charge in [-0.25, -0.2) is 9.78 Å². The van der Waals surface area contributed by atoms with E-state index in [2.05, 4.69) is 28.9 Å². The molecule has 1 aromatic carbocycles. The maximum Gasteiger partial charge on any atom is 0.360 e. The zero-order valence-electron chi connectivity index (χ0n) is 13.8. The van der Waals surface area contributed by atoms with Crippen molar-refractivity contribution in [3.05, 3.63) is 47.7 Å². The summed E-state index contributed by atoms with van der Waals surface area (Å²) in [7, 11) is 2.96. The first-order chi connectivity index (χ1) is 11.0. The Morgan fingerprint density at radius 1 is 1.26 bits per heavy atom. The van der Waals surface area contributed by atoms with Crippen LogP contribution in [0.15, 0.2) is 34.9 Å². The molecule has 0 saturated heterocycles. The zero-order valence-corrected chi connectivity index (χ0v) is 13.8. The van der Waals surface area contributed by atoms with Crippen LogP contribution in [0.2, 0.25) is 0 Å². The summed E-state index contributed by atoms with van der Waals surface area (Å²) in [5.74, 6) is 1.14. The van der Waals surface area contributed by atoms with Gasteiger partial charge in [-0.05, 0) is 23.6 Å². The molecule has 0 fully saturated rings. The number of benzene rings is 1. The number of aromatic nitrogens is 1. The van der Waals surface area contributed by atoms with Gasteiger partial charge in [0.15, 0.2) is 5.69 Å². The van der Waals surface area contributed by atoms with Gasteiger partial charge in [0.2, 0.25) is 5.89 Å². The van der Waals surface area contributed by atoms with Crippen molar-refractivity contribution in [2.45, 2.75) is 26.4 Å². The second kappa shape index (κ2) is 7.78. The summed E-state index contributed by atoms with van der Waals surface area (Å²) in [6, 6.07) is 8.08. The average molecular weight is 318 g/mol. The molecule has 0 aliphatic carbocycles. The molecule has 0 bridgehead atoms. The highest BCUT2D eigenvalue weighted by Crippen LogP contribution is 2.24. The van der Waals surface area contributed by atoms with E-state index in [0.717, 1.165) is 11.3 Å². The summed E-state index contributed by atoms with van der Waals surface area (Å²) < 4.78 is 15.1. The average Bonchev–Trinajstić information content (AvgIpc) is 3.03. The van der Waals surface area contributed by atoms with Gasteiger partial charge in [0.05, 0.1) is 20.8 Å². The minimum Gasteiger partial charge on any atom is -0.497 e. The molecule has 0 aliphatic heterocycles. The van der Waals surface area contributed by atoms with Crippen molar-refractivity contribution >= 4 is 5.97 Å². The maximum atomic E-state index is 11.4. The molecule has 1 aromatic heterocycles. The van der Waals surface area contributed by atoms with Gasteiger partial charge in [-0.15, -0.1) is 0 Å². The molecule has 23 heavy (non-hydrogen) atoms. The van der Waals surface area contributed by atoms with Gasteiger partial charge in [0.1, 0.15) is 12.0 Å². The van der Waals surface area contributed by atoms with Crippen molar-refractivity contribution in [2.75, 3.05) is 14.2 Å². The van der Waals surface area contributed by atoms with Gasteiger partial charge < -0.3 is 19.2 Å². The first kappa shape index (κ1) is 17.0. The first-order valence-electron chi connectivity index (χ1n) is 7.45. The van der Waals surface area contributed by atoms with Crippen LogP contribution in [0.3, 0.4) is 0 Å². The minimum absolute atomic E-state index is 0.134. The Balaban J connectivity index is 2.04. The van der Waals surface area contributed by atoms with Gasteiger partial charge >= 0.3 is 5.97 Å². The minimum atomic E-state index is -0.504. The van der Waals surface area contributed by atoms with E-state index in [1.54, 1.807) is 7.11 Å². The summed E-state index contributed by atoms with van der Waals surface area (Å²) in [5, 5.41) is 3.41. The molecule has 0 radical (unpaired) electrons. The molecule has 6 nitrogen and oxygen atoms in total. The predicted octanol–water partition coefficient (Wildman–Crippen LogP) is 2.96. The summed E-state index contributed by atoms with van der Waals surface area (Å²) in [6.07, 6.45) is 1.31. The van der Waals surface area contributed by atoms with E-state index < -0.39 is 5.97 Å². The fourth-order valence-corrected chi connectivity index (χ4v) is 2.34. The molecule has 6 heteroatoms. The number of nitrogens with one attached hydrogen (secondary N) is 1. The third-order valence-corrected chi connectivity index (χ3v) is 3.56. The number of methoxy groups -OCH3 is 2. The molecule has 0 unspecified atom stereocenters.